The molecule has 25 heavy (non-hydrogen) atoms. The van der Waals surface area contributed by atoms with E-state index >= 15 is 0 Å². The molecule has 0 amide bonds. The molecular formula is C21H35ClNO2-. The van der Waals surface area contributed by atoms with Crippen molar-refractivity contribution in [3.63, 3.8) is 0 Å². The minimum Gasteiger partial charge on any atom is -1.00 e. The minimum absolute atomic E-state index is 0. The van der Waals surface area contributed by atoms with Crippen LogP contribution in [0.1, 0.15) is 65.0 Å². The van der Waals surface area contributed by atoms with Crippen molar-refractivity contribution in [1.29, 1.82) is 0 Å². The van der Waals surface area contributed by atoms with Crippen molar-refractivity contribution in [3.05, 3.63) is 35.9 Å². The maximum Gasteiger partial charge on any atom is 0.0898 e. The van der Waals surface area contributed by atoms with Gasteiger partial charge in [-0.3, -0.25) is 0 Å². The number of benzene rings is 1. The van der Waals surface area contributed by atoms with Crippen molar-refractivity contribution >= 4 is 0 Å². The van der Waals surface area contributed by atoms with Crippen LogP contribution in [0, 0.1) is 11.3 Å². The van der Waals surface area contributed by atoms with Gasteiger partial charge in [0.25, 0.3) is 0 Å². The highest BCUT2D eigenvalue weighted by atomic mass is 35.5. The summed E-state index contributed by atoms with van der Waals surface area (Å²) in [6.45, 7) is 10.1. The Morgan fingerprint density at radius 2 is 1.72 bits per heavy atom. The second kappa shape index (κ2) is 10.5. The molecule has 1 saturated carbocycles. The molecule has 1 aliphatic rings. The number of halogens is 1. The Labute approximate surface area is 160 Å². The van der Waals surface area contributed by atoms with Crippen LogP contribution in [0.4, 0.5) is 0 Å². The van der Waals surface area contributed by atoms with Gasteiger partial charge in [-0.25, -0.2) is 0 Å². The number of aliphatic hydroxyl groups excluding tert-OH is 1. The molecule has 2 unspecified atom stereocenters. The summed E-state index contributed by atoms with van der Waals surface area (Å²) >= 11 is 0. The molecule has 0 spiro atoms. The summed E-state index contributed by atoms with van der Waals surface area (Å²) in [6, 6.07) is 10.6. The van der Waals surface area contributed by atoms with Gasteiger partial charge >= 0.3 is 0 Å². The van der Waals surface area contributed by atoms with Crippen molar-refractivity contribution in [2.45, 2.75) is 71.6 Å². The van der Waals surface area contributed by atoms with Gasteiger partial charge in [-0.1, -0.05) is 51.1 Å². The van der Waals surface area contributed by atoms with Gasteiger partial charge in [0, 0.05) is 12.6 Å². The van der Waals surface area contributed by atoms with Crippen LogP contribution in [0.5, 0.6) is 0 Å². The molecular weight excluding hydrogens is 334 g/mol. The van der Waals surface area contributed by atoms with E-state index in [0.29, 0.717) is 24.7 Å². The highest BCUT2D eigenvalue weighted by molar-refractivity contribution is 5.17. The molecule has 4 heteroatoms. The topological polar surface area (TPSA) is 41.5 Å². The first-order valence-corrected chi connectivity index (χ1v) is 9.44. The van der Waals surface area contributed by atoms with E-state index < -0.39 is 6.10 Å². The smallest absolute Gasteiger partial charge is 0.0898 e. The molecule has 2 N–H and O–H groups in total. The molecule has 0 saturated heterocycles. The van der Waals surface area contributed by atoms with Crippen LogP contribution in [-0.2, 0) is 4.74 Å². The molecule has 1 aliphatic carbocycles. The summed E-state index contributed by atoms with van der Waals surface area (Å²) in [5, 5.41) is 13.6. The Kier molecular flexibility index (Phi) is 9.44. The van der Waals surface area contributed by atoms with E-state index in [0.717, 1.165) is 18.8 Å². The molecule has 0 radical (unpaired) electrons. The zero-order valence-corrected chi connectivity index (χ0v) is 16.9. The summed E-state index contributed by atoms with van der Waals surface area (Å²) in [5.74, 6) is 0.802. The molecule has 0 bridgehead atoms. The molecule has 2 rings (SSSR count). The molecule has 2 atom stereocenters. The third-order valence-corrected chi connectivity index (χ3v) is 5.38. The van der Waals surface area contributed by atoms with Gasteiger partial charge in [-0.2, -0.15) is 0 Å². The SMILES string of the molecule is CC(NCC(O)COC1CCC(C(C)(C)C)CC1)c1ccccc1.[Cl-]. The number of rotatable bonds is 7. The van der Waals surface area contributed by atoms with E-state index in [1.165, 1.54) is 18.4 Å². The van der Waals surface area contributed by atoms with Crippen molar-refractivity contribution in [2.75, 3.05) is 13.2 Å². The standard InChI is InChI=1S/C21H35NO2.ClH/c1-16(17-8-6-5-7-9-17)22-14-19(23)15-24-20-12-10-18(11-13-20)21(2,3)4;/h5-9,16,18-20,22-23H,10-15H2,1-4H3;1H/p-1. The minimum atomic E-state index is -0.448. The number of aliphatic hydroxyl groups is 1. The predicted octanol–water partition coefficient (Wildman–Crippen LogP) is 1.32. The molecule has 3 nitrogen and oxygen atoms in total. The zero-order valence-electron chi connectivity index (χ0n) is 16.2. The average molecular weight is 369 g/mol. The van der Waals surface area contributed by atoms with Crippen LogP contribution < -0.4 is 17.7 Å². The Morgan fingerprint density at radius 3 is 2.28 bits per heavy atom. The van der Waals surface area contributed by atoms with Gasteiger partial charge in [-0.05, 0) is 49.5 Å². The molecule has 0 aromatic heterocycles. The zero-order chi connectivity index (χ0) is 17.6. The lowest BCUT2D eigenvalue weighted by molar-refractivity contribution is -0.0365. The second-order valence-electron chi connectivity index (χ2n) is 8.37. The van der Waals surface area contributed by atoms with E-state index in [9.17, 15) is 5.11 Å². The predicted molar refractivity (Wildman–Crippen MR) is 100 cm³/mol. The number of hydrogen-bond donors (Lipinski definition) is 2. The Hall–Kier alpha value is -0.610. The van der Waals surface area contributed by atoms with E-state index in [-0.39, 0.29) is 18.4 Å². The van der Waals surface area contributed by atoms with Crippen LogP contribution in [-0.4, -0.2) is 30.5 Å². The first kappa shape index (κ1) is 22.4. The number of hydrogen-bond acceptors (Lipinski definition) is 3. The van der Waals surface area contributed by atoms with Crippen LogP contribution >= 0.6 is 0 Å². The highest BCUT2D eigenvalue weighted by Gasteiger charge is 2.30. The van der Waals surface area contributed by atoms with Crippen molar-refractivity contribution in [2.24, 2.45) is 11.3 Å². The Bertz CT molecular complexity index is 467. The quantitative estimate of drug-likeness (QED) is 0.762. The van der Waals surface area contributed by atoms with E-state index in [1.807, 2.05) is 18.2 Å². The van der Waals surface area contributed by atoms with Gasteiger partial charge in [0.1, 0.15) is 0 Å². The van der Waals surface area contributed by atoms with Gasteiger partial charge in [0.2, 0.25) is 0 Å². The van der Waals surface area contributed by atoms with Crippen LogP contribution in [0.2, 0.25) is 0 Å². The fourth-order valence-electron chi connectivity index (χ4n) is 3.57. The third-order valence-electron chi connectivity index (χ3n) is 5.38. The highest BCUT2D eigenvalue weighted by Crippen LogP contribution is 2.38. The Morgan fingerprint density at radius 1 is 1.12 bits per heavy atom. The second-order valence-corrected chi connectivity index (χ2v) is 8.37. The van der Waals surface area contributed by atoms with E-state index in [2.05, 4.69) is 45.1 Å². The van der Waals surface area contributed by atoms with E-state index in [4.69, 9.17) is 4.74 Å². The maximum absolute atomic E-state index is 10.2. The van der Waals surface area contributed by atoms with Crippen LogP contribution in [0.3, 0.4) is 0 Å². The lowest BCUT2D eigenvalue weighted by atomic mass is 9.72. The van der Waals surface area contributed by atoms with Gasteiger partial charge in [-0.15, -0.1) is 0 Å². The van der Waals surface area contributed by atoms with Crippen molar-refractivity contribution in [1.82, 2.24) is 5.32 Å². The van der Waals surface area contributed by atoms with Gasteiger partial charge < -0.3 is 27.6 Å². The molecule has 0 heterocycles. The normalized spacial score (nSPS) is 23.6. The Balaban J connectivity index is 0.00000312. The van der Waals surface area contributed by atoms with Gasteiger partial charge in [0.05, 0.1) is 18.8 Å². The molecule has 0 aliphatic heterocycles. The summed E-state index contributed by atoms with van der Waals surface area (Å²) in [6.07, 6.45) is 4.62. The summed E-state index contributed by atoms with van der Waals surface area (Å²) in [5.41, 5.74) is 1.65. The van der Waals surface area contributed by atoms with Crippen LogP contribution in [0.15, 0.2) is 30.3 Å². The van der Waals surface area contributed by atoms with E-state index in [1.54, 1.807) is 0 Å². The fourth-order valence-corrected chi connectivity index (χ4v) is 3.57. The first-order chi connectivity index (χ1) is 11.4. The maximum atomic E-state index is 10.2. The van der Waals surface area contributed by atoms with Crippen LogP contribution in [0.25, 0.3) is 0 Å². The summed E-state index contributed by atoms with van der Waals surface area (Å²) in [7, 11) is 0. The third kappa shape index (κ3) is 7.65. The first-order valence-electron chi connectivity index (χ1n) is 9.44. The lowest BCUT2D eigenvalue weighted by Crippen LogP contribution is -3.00. The summed E-state index contributed by atoms with van der Waals surface area (Å²) < 4.78 is 5.95. The number of nitrogens with one attached hydrogen (secondary N) is 1. The van der Waals surface area contributed by atoms with Crippen molar-refractivity contribution < 1.29 is 22.3 Å². The average Bonchev–Trinajstić information content (AvgIpc) is 2.58. The van der Waals surface area contributed by atoms with Gasteiger partial charge in [0.15, 0.2) is 0 Å². The number of ether oxygens (including phenoxy) is 1. The molecule has 1 aromatic rings. The molecule has 1 fully saturated rings. The largest absolute Gasteiger partial charge is 1.00 e. The summed E-state index contributed by atoms with van der Waals surface area (Å²) in [4.78, 5) is 0. The molecule has 144 valence electrons. The molecule has 1 aromatic carbocycles. The van der Waals surface area contributed by atoms with Crippen molar-refractivity contribution in [3.8, 4) is 0 Å². The fraction of sp³-hybridized carbons (Fsp3) is 0.714. The monoisotopic (exact) mass is 368 g/mol. The lowest BCUT2D eigenvalue weighted by Gasteiger charge is -2.37.